The van der Waals surface area contributed by atoms with Crippen LogP contribution in [-0.2, 0) is 9.53 Å². The Kier molecular flexibility index (Phi) is 6.06. The van der Waals surface area contributed by atoms with Crippen molar-refractivity contribution in [2.24, 2.45) is 0 Å². The van der Waals surface area contributed by atoms with E-state index < -0.39 is 11.6 Å². The molecular formula is C17H26N4O4. The van der Waals surface area contributed by atoms with E-state index in [4.69, 9.17) is 9.84 Å². The van der Waals surface area contributed by atoms with Crippen LogP contribution in [0.2, 0.25) is 0 Å². The normalized spacial score (nSPS) is 15.0. The minimum atomic E-state index is -0.833. The Bertz CT molecular complexity index is 590. The summed E-state index contributed by atoms with van der Waals surface area (Å²) >= 11 is 0. The summed E-state index contributed by atoms with van der Waals surface area (Å²) in [5, 5.41) is 11.6. The van der Waals surface area contributed by atoms with Crippen molar-refractivity contribution < 1.29 is 19.4 Å². The number of carbonyl (C=O) groups is 2. The number of nitrogens with one attached hydrogen (secondary N) is 1. The number of nitrogens with zero attached hydrogens (tertiary/aromatic N) is 3. The number of anilines is 2. The molecular weight excluding hydrogens is 324 g/mol. The molecule has 1 aromatic heterocycles. The Morgan fingerprint density at radius 1 is 1.24 bits per heavy atom. The van der Waals surface area contributed by atoms with E-state index in [-0.39, 0.29) is 12.5 Å². The first-order chi connectivity index (χ1) is 11.7. The van der Waals surface area contributed by atoms with Gasteiger partial charge in [-0.25, -0.2) is 9.78 Å². The SMILES string of the molecule is CC(C)(C)OC(=O)N1CCN(c2ccc(NCCC(=O)O)cn2)CC1. The number of pyridine rings is 1. The molecule has 1 amide bonds. The number of amides is 1. The number of carboxylic acid groups (broad SMARTS) is 1. The summed E-state index contributed by atoms with van der Waals surface area (Å²) in [4.78, 5) is 30.8. The van der Waals surface area contributed by atoms with Crippen molar-refractivity contribution in [3.63, 3.8) is 0 Å². The molecule has 0 aromatic carbocycles. The number of carbonyl (C=O) groups excluding carboxylic acids is 1. The maximum atomic E-state index is 12.1. The van der Waals surface area contributed by atoms with Gasteiger partial charge in [-0.15, -0.1) is 0 Å². The Hall–Kier alpha value is -2.51. The molecule has 1 aromatic rings. The van der Waals surface area contributed by atoms with Gasteiger partial charge in [0.1, 0.15) is 11.4 Å². The van der Waals surface area contributed by atoms with E-state index in [0.717, 1.165) is 11.5 Å². The van der Waals surface area contributed by atoms with Crippen LogP contribution in [0.5, 0.6) is 0 Å². The third kappa shape index (κ3) is 6.13. The number of piperazine rings is 1. The van der Waals surface area contributed by atoms with Crippen LogP contribution in [0.1, 0.15) is 27.2 Å². The Labute approximate surface area is 147 Å². The molecule has 2 rings (SSSR count). The Morgan fingerprint density at radius 3 is 2.44 bits per heavy atom. The lowest BCUT2D eigenvalue weighted by molar-refractivity contribution is -0.136. The van der Waals surface area contributed by atoms with Crippen LogP contribution in [0.3, 0.4) is 0 Å². The molecule has 8 nitrogen and oxygen atoms in total. The second-order valence-corrected chi connectivity index (χ2v) is 6.93. The van der Waals surface area contributed by atoms with Crippen molar-refractivity contribution in [2.75, 3.05) is 42.9 Å². The second-order valence-electron chi connectivity index (χ2n) is 6.93. The summed E-state index contributed by atoms with van der Waals surface area (Å²) < 4.78 is 5.39. The van der Waals surface area contributed by atoms with Crippen LogP contribution in [0.25, 0.3) is 0 Å². The van der Waals surface area contributed by atoms with Gasteiger partial charge in [0.2, 0.25) is 0 Å². The molecule has 2 N–H and O–H groups in total. The molecule has 0 bridgehead atoms. The van der Waals surface area contributed by atoms with Gasteiger partial charge in [0.05, 0.1) is 18.3 Å². The van der Waals surface area contributed by atoms with Gasteiger partial charge in [-0.2, -0.15) is 0 Å². The number of carboxylic acids is 1. The van der Waals surface area contributed by atoms with E-state index in [9.17, 15) is 9.59 Å². The van der Waals surface area contributed by atoms with Crippen LogP contribution in [0.4, 0.5) is 16.3 Å². The molecule has 1 saturated heterocycles. The third-order valence-corrected chi connectivity index (χ3v) is 3.67. The predicted molar refractivity (Wildman–Crippen MR) is 95.0 cm³/mol. The minimum absolute atomic E-state index is 0.0639. The molecule has 8 heteroatoms. The number of hydrogen-bond donors (Lipinski definition) is 2. The predicted octanol–water partition coefficient (Wildman–Crippen LogP) is 2.03. The average molecular weight is 350 g/mol. The number of hydrogen-bond acceptors (Lipinski definition) is 6. The summed E-state index contributed by atoms with van der Waals surface area (Å²) in [5.41, 5.74) is 0.302. The van der Waals surface area contributed by atoms with Crippen molar-refractivity contribution in [3.05, 3.63) is 18.3 Å². The molecule has 138 valence electrons. The van der Waals surface area contributed by atoms with Crippen LogP contribution in [0, 0.1) is 0 Å². The summed E-state index contributed by atoms with van der Waals surface area (Å²) in [6.07, 6.45) is 1.48. The summed E-state index contributed by atoms with van der Waals surface area (Å²) in [7, 11) is 0. The largest absolute Gasteiger partial charge is 0.481 e. The van der Waals surface area contributed by atoms with Crippen LogP contribution in [-0.4, -0.2) is 65.4 Å². The molecule has 1 fully saturated rings. The highest BCUT2D eigenvalue weighted by molar-refractivity contribution is 5.68. The summed E-state index contributed by atoms with van der Waals surface area (Å²) in [6, 6.07) is 3.77. The second kappa shape index (κ2) is 8.04. The Morgan fingerprint density at radius 2 is 1.92 bits per heavy atom. The van der Waals surface area contributed by atoms with Crippen LogP contribution < -0.4 is 10.2 Å². The highest BCUT2D eigenvalue weighted by atomic mass is 16.6. The number of aliphatic carboxylic acids is 1. The van der Waals surface area contributed by atoms with Crippen molar-refractivity contribution in [1.82, 2.24) is 9.88 Å². The first-order valence-electron chi connectivity index (χ1n) is 8.39. The van der Waals surface area contributed by atoms with E-state index >= 15 is 0 Å². The number of rotatable bonds is 5. The van der Waals surface area contributed by atoms with E-state index in [1.807, 2.05) is 32.9 Å². The molecule has 0 aliphatic carbocycles. The lowest BCUT2D eigenvalue weighted by atomic mass is 10.2. The fourth-order valence-corrected chi connectivity index (χ4v) is 2.44. The van der Waals surface area contributed by atoms with E-state index in [0.29, 0.717) is 32.7 Å². The van der Waals surface area contributed by atoms with Crippen molar-refractivity contribution in [2.45, 2.75) is 32.8 Å². The molecule has 0 radical (unpaired) electrons. The van der Waals surface area contributed by atoms with E-state index in [2.05, 4.69) is 15.2 Å². The zero-order chi connectivity index (χ0) is 18.4. The third-order valence-electron chi connectivity index (χ3n) is 3.67. The average Bonchev–Trinajstić information content (AvgIpc) is 2.54. The van der Waals surface area contributed by atoms with Gasteiger partial charge in [0.15, 0.2) is 0 Å². The molecule has 0 spiro atoms. The molecule has 1 aliphatic rings. The maximum Gasteiger partial charge on any atom is 0.410 e. The number of aromatic nitrogens is 1. The van der Waals surface area contributed by atoms with Gasteiger partial charge < -0.3 is 25.0 Å². The quantitative estimate of drug-likeness (QED) is 0.839. The monoisotopic (exact) mass is 350 g/mol. The highest BCUT2D eigenvalue weighted by Crippen LogP contribution is 2.17. The maximum absolute atomic E-state index is 12.1. The Balaban J connectivity index is 1.82. The smallest absolute Gasteiger partial charge is 0.410 e. The van der Waals surface area contributed by atoms with Crippen LogP contribution >= 0.6 is 0 Å². The van der Waals surface area contributed by atoms with E-state index in [1.54, 1.807) is 11.1 Å². The molecule has 1 aliphatic heterocycles. The van der Waals surface area contributed by atoms with Crippen molar-refractivity contribution in [3.8, 4) is 0 Å². The summed E-state index contributed by atoms with van der Waals surface area (Å²) in [5.74, 6) is 0.00700. The van der Waals surface area contributed by atoms with Gasteiger partial charge in [-0.1, -0.05) is 0 Å². The first-order valence-corrected chi connectivity index (χ1v) is 8.39. The molecule has 0 unspecified atom stereocenters. The van der Waals surface area contributed by atoms with E-state index in [1.165, 1.54) is 0 Å². The molecule has 2 heterocycles. The lowest BCUT2D eigenvalue weighted by Crippen LogP contribution is -2.50. The molecule has 0 saturated carbocycles. The fraction of sp³-hybridized carbons (Fsp3) is 0.588. The van der Waals surface area contributed by atoms with Gasteiger partial charge in [0, 0.05) is 32.7 Å². The highest BCUT2D eigenvalue weighted by Gasteiger charge is 2.26. The molecule has 0 atom stereocenters. The number of ether oxygens (including phenoxy) is 1. The minimum Gasteiger partial charge on any atom is -0.481 e. The zero-order valence-corrected chi connectivity index (χ0v) is 15.0. The van der Waals surface area contributed by atoms with Crippen LogP contribution in [0.15, 0.2) is 18.3 Å². The van der Waals surface area contributed by atoms with Crippen molar-refractivity contribution >= 4 is 23.6 Å². The van der Waals surface area contributed by atoms with Gasteiger partial charge in [-0.3, -0.25) is 4.79 Å². The molecule has 25 heavy (non-hydrogen) atoms. The summed E-state index contributed by atoms with van der Waals surface area (Å²) in [6.45, 7) is 8.51. The van der Waals surface area contributed by atoms with Gasteiger partial charge in [-0.05, 0) is 32.9 Å². The van der Waals surface area contributed by atoms with Gasteiger partial charge in [0.25, 0.3) is 0 Å². The zero-order valence-electron chi connectivity index (χ0n) is 15.0. The fourth-order valence-electron chi connectivity index (χ4n) is 2.44. The first kappa shape index (κ1) is 18.8. The van der Waals surface area contributed by atoms with Crippen molar-refractivity contribution in [1.29, 1.82) is 0 Å². The lowest BCUT2D eigenvalue weighted by Gasteiger charge is -2.36. The van der Waals surface area contributed by atoms with Gasteiger partial charge >= 0.3 is 12.1 Å². The topological polar surface area (TPSA) is 95.0 Å². The standard InChI is InChI=1S/C17H26N4O4/c1-17(2,3)25-16(24)21-10-8-20(9-11-21)14-5-4-13(12-19-14)18-7-6-15(22)23/h4-5,12,18H,6-11H2,1-3H3,(H,22,23).